The quantitative estimate of drug-likeness (QED) is 0.534. The van der Waals surface area contributed by atoms with Crippen LogP contribution < -0.4 is 5.56 Å². The smallest absolute Gasteiger partial charge is 0.272 e. The Balaban J connectivity index is 1.99. The molecule has 3 rings (SSSR count). The number of fused-ring (bicyclic) bond motifs is 3. The SMILES string of the molecule is CCCCCN(Cc1nnc2n(C)c(=O)c3sccc3n12)[C@H](C)CCC. The molecule has 3 aromatic rings. The molecular formula is C19H29N5OS. The first-order valence-corrected chi connectivity index (χ1v) is 10.5. The fourth-order valence-corrected chi connectivity index (χ4v) is 4.41. The van der Waals surface area contributed by atoms with Crippen molar-refractivity contribution < 1.29 is 0 Å². The topological polar surface area (TPSA) is 55.4 Å². The summed E-state index contributed by atoms with van der Waals surface area (Å²) in [5.74, 6) is 1.53. The summed E-state index contributed by atoms with van der Waals surface area (Å²) < 4.78 is 4.42. The molecule has 0 N–H and O–H groups in total. The van der Waals surface area contributed by atoms with Gasteiger partial charge in [0.1, 0.15) is 4.70 Å². The molecule has 0 aliphatic rings. The van der Waals surface area contributed by atoms with Gasteiger partial charge < -0.3 is 0 Å². The predicted molar refractivity (Wildman–Crippen MR) is 108 cm³/mol. The van der Waals surface area contributed by atoms with E-state index in [9.17, 15) is 4.79 Å². The van der Waals surface area contributed by atoms with E-state index in [1.165, 1.54) is 43.4 Å². The standard InChI is InChI=1S/C19H29N5OS/c1-5-7-8-11-23(14(3)9-6-2)13-16-20-21-19-22(4)18(25)17-15(24(16)19)10-12-26-17/h10,12,14H,5-9,11,13H2,1-4H3/t14-/m1/s1. The van der Waals surface area contributed by atoms with E-state index in [0.29, 0.717) is 11.8 Å². The molecule has 1 atom stereocenters. The van der Waals surface area contributed by atoms with Crippen LogP contribution in [-0.4, -0.2) is 36.7 Å². The van der Waals surface area contributed by atoms with Gasteiger partial charge in [0.2, 0.25) is 5.78 Å². The number of hydrogen-bond acceptors (Lipinski definition) is 5. The Hall–Kier alpha value is -1.73. The first-order chi connectivity index (χ1) is 12.6. The number of nitrogens with zero attached hydrogens (tertiary/aromatic N) is 5. The maximum atomic E-state index is 12.5. The first kappa shape index (κ1) is 19.0. The Morgan fingerprint density at radius 1 is 1.23 bits per heavy atom. The second kappa shape index (κ2) is 8.31. The van der Waals surface area contributed by atoms with Crippen molar-refractivity contribution in [3.8, 4) is 0 Å². The van der Waals surface area contributed by atoms with Gasteiger partial charge in [-0.05, 0) is 37.8 Å². The Kier molecular flexibility index (Phi) is 6.09. The fraction of sp³-hybridized carbons (Fsp3) is 0.632. The van der Waals surface area contributed by atoms with Gasteiger partial charge in [-0.3, -0.25) is 18.7 Å². The molecule has 6 nitrogen and oxygen atoms in total. The molecule has 142 valence electrons. The van der Waals surface area contributed by atoms with Gasteiger partial charge in [0.05, 0.1) is 12.1 Å². The minimum absolute atomic E-state index is 0.000558. The monoisotopic (exact) mass is 375 g/mol. The molecule has 0 amide bonds. The highest BCUT2D eigenvalue weighted by Gasteiger charge is 2.20. The molecule has 7 heteroatoms. The number of thiophene rings is 1. The van der Waals surface area contributed by atoms with E-state index in [1.807, 2.05) is 11.4 Å². The second-order valence-electron chi connectivity index (χ2n) is 7.07. The number of unbranched alkanes of at least 4 members (excludes halogenated alkanes) is 2. The highest BCUT2D eigenvalue weighted by atomic mass is 32.1. The third-order valence-corrected chi connectivity index (χ3v) is 6.01. The highest BCUT2D eigenvalue weighted by Crippen LogP contribution is 2.21. The van der Waals surface area contributed by atoms with Crippen LogP contribution in [0.15, 0.2) is 16.2 Å². The van der Waals surface area contributed by atoms with Crippen LogP contribution in [0.1, 0.15) is 58.7 Å². The average molecular weight is 376 g/mol. The third kappa shape index (κ3) is 3.55. The molecule has 3 aromatic heterocycles. The molecule has 0 aromatic carbocycles. The summed E-state index contributed by atoms with van der Waals surface area (Å²) in [6, 6.07) is 2.51. The number of aryl methyl sites for hydroxylation is 1. The van der Waals surface area contributed by atoms with Crippen molar-refractivity contribution in [2.24, 2.45) is 7.05 Å². The van der Waals surface area contributed by atoms with Crippen LogP contribution in [-0.2, 0) is 13.6 Å². The Labute approximate surface area is 158 Å². The molecule has 26 heavy (non-hydrogen) atoms. The average Bonchev–Trinajstić information content (AvgIpc) is 3.26. The van der Waals surface area contributed by atoms with E-state index in [0.717, 1.165) is 29.1 Å². The predicted octanol–water partition coefficient (Wildman–Crippen LogP) is 3.82. The van der Waals surface area contributed by atoms with Crippen molar-refractivity contribution in [3.05, 3.63) is 27.6 Å². The molecule has 0 saturated heterocycles. The molecule has 0 radical (unpaired) electrons. The molecule has 0 bridgehead atoms. The summed E-state index contributed by atoms with van der Waals surface area (Å²) in [6.45, 7) is 8.60. The van der Waals surface area contributed by atoms with Gasteiger partial charge in [0.15, 0.2) is 5.82 Å². The molecular weight excluding hydrogens is 346 g/mol. The van der Waals surface area contributed by atoms with Crippen molar-refractivity contribution in [1.29, 1.82) is 0 Å². The van der Waals surface area contributed by atoms with Crippen LogP contribution in [0.5, 0.6) is 0 Å². The summed E-state index contributed by atoms with van der Waals surface area (Å²) in [5, 5.41) is 10.7. The van der Waals surface area contributed by atoms with Crippen molar-refractivity contribution >= 4 is 27.3 Å². The normalized spacial score (nSPS) is 13.3. The number of hydrogen-bond donors (Lipinski definition) is 0. The minimum Gasteiger partial charge on any atom is -0.293 e. The Morgan fingerprint density at radius 2 is 2.04 bits per heavy atom. The molecule has 0 spiro atoms. The Bertz CT molecular complexity index is 925. The molecule has 0 unspecified atom stereocenters. The van der Waals surface area contributed by atoms with Crippen LogP contribution in [0, 0.1) is 0 Å². The van der Waals surface area contributed by atoms with E-state index in [1.54, 1.807) is 11.6 Å². The molecule has 0 saturated carbocycles. The van der Waals surface area contributed by atoms with Gasteiger partial charge in [-0.2, -0.15) is 0 Å². The van der Waals surface area contributed by atoms with Gasteiger partial charge >= 0.3 is 0 Å². The Morgan fingerprint density at radius 3 is 2.77 bits per heavy atom. The van der Waals surface area contributed by atoms with Crippen LogP contribution in [0.2, 0.25) is 0 Å². The van der Waals surface area contributed by atoms with E-state index >= 15 is 0 Å². The summed E-state index contributed by atoms with van der Waals surface area (Å²) in [4.78, 5) is 15.0. The third-order valence-electron chi connectivity index (χ3n) is 5.12. The van der Waals surface area contributed by atoms with Crippen LogP contribution in [0.3, 0.4) is 0 Å². The second-order valence-corrected chi connectivity index (χ2v) is 7.98. The molecule has 0 aliphatic heterocycles. The zero-order valence-electron chi connectivity index (χ0n) is 16.2. The fourth-order valence-electron chi connectivity index (χ4n) is 3.56. The molecule has 3 heterocycles. The van der Waals surface area contributed by atoms with Crippen LogP contribution >= 0.6 is 11.3 Å². The van der Waals surface area contributed by atoms with E-state index in [4.69, 9.17) is 0 Å². The maximum Gasteiger partial charge on any atom is 0.272 e. The lowest BCUT2D eigenvalue weighted by molar-refractivity contribution is 0.181. The van der Waals surface area contributed by atoms with Crippen molar-refractivity contribution in [2.45, 2.75) is 65.5 Å². The molecule has 0 aliphatic carbocycles. The zero-order chi connectivity index (χ0) is 18.7. The zero-order valence-corrected chi connectivity index (χ0v) is 17.1. The largest absolute Gasteiger partial charge is 0.293 e. The van der Waals surface area contributed by atoms with Crippen molar-refractivity contribution in [2.75, 3.05) is 6.54 Å². The summed E-state index contributed by atoms with van der Waals surface area (Å²) in [5.41, 5.74) is 0.922. The van der Waals surface area contributed by atoms with Crippen molar-refractivity contribution in [1.82, 2.24) is 24.1 Å². The first-order valence-electron chi connectivity index (χ1n) is 9.62. The minimum atomic E-state index is 0.000558. The number of aromatic nitrogens is 4. The van der Waals surface area contributed by atoms with Gasteiger partial charge in [-0.25, -0.2) is 0 Å². The van der Waals surface area contributed by atoms with E-state index in [2.05, 4.69) is 40.3 Å². The van der Waals surface area contributed by atoms with Crippen LogP contribution in [0.4, 0.5) is 0 Å². The lowest BCUT2D eigenvalue weighted by Gasteiger charge is -2.28. The van der Waals surface area contributed by atoms with Gasteiger partial charge in [-0.15, -0.1) is 21.5 Å². The van der Waals surface area contributed by atoms with E-state index in [-0.39, 0.29) is 5.56 Å². The molecule has 0 fully saturated rings. The lowest BCUT2D eigenvalue weighted by atomic mass is 10.1. The van der Waals surface area contributed by atoms with Crippen molar-refractivity contribution in [3.63, 3.8) is 0 Å². The van der Waals surface area contributed by atoms with Gasteiger partial charge in [0, 0.05) is 13.1 Å². The summed E-state index contributed by atoms with van der Waals surface area (Å²) >= 11 is 1.48. The maximum absolute atomic E-state index is 12.5. The highest BCUT2D eigenvalue weighted by molar-refractivity contribution is 7.17. The summed E-state index contributed by atoms with van der Waals surface area (Å²) in [7, 11) is 1.77. The summed E-state index contributed by atoms with van der Waals surface area (Å²) in [6.07, 6.45) is 6.03. The van der Waals surface area contributed by atoms with Gasteiger partial charge in [-0.1, -0.05) is 33.1 Å². The van der Waals surface area contributed by atoms with Gasteiger partial charge in [0.25, 0.3) is 5.56 Å². The lowest BCUT2D eigenvalue weighted by Crippen LogP contribution is -2.34. The number of rotatable bonds is 9. The van der Waals surface area contributed by atoms with Crippen LogP contribution in [0.25, 0.3) is 16.0 Å². The van der Waals surface area contributed by atoms with E-state index < -0.39 is 0 Å².